The van der Waals surface area contributed by atoms with Crippen molar-refractivity contribution in [3.8, 4) is 0 Å². The van der Waals surface area contributed by atoms with Crippen molar-refractivity contribution in [2.45, 2.75) is 37.6 Å². The van der Waals surface area contributed by atoms with Gasteiger partial charge in [0, 0.05) is 13.1 Å². The molecule has 0 N–H and O–H groups in total. The van der Waals surface area contributed by atoms with Crippen LogP contribution in [0.4, 0.5) is 4.79 Å². The number of amides is 1. The van der Waals surface area contributed by atoms with Gasteiger partial charge in [-0.25, -0.2) is 18.2 Å². The largest absolute Gasteiger partial charge is 0.376 e. The number of hydrogen-bond acceptors (Lipinski definition) is 6. The molecule has 1 atom stereocenters. The topological polar surface area (TPSA) is 94.4 Å². The highest BCUT2D eigenvalue weighted by Gasteiger charge is 2.27. The molecule has 1 amide bonds. The van der Waals surface area contributed by atoms with Gasteiger partial charge < -0.3 is 9.64 Å². The van der Waals surface area contributed by atoms with E-state index in [9.17, 15) is 13.2 Å². The molecule has 0 aliphatic heterocycles. The number of sulfone groups is 1. The summed E-state index contributed by atoms with van der Waals surface area (Å²) in [5, 5.41) is 2.92. The van der Waals surface area contributed by atoms with Crippen LogP contribution in [0.3, 0.4) is 0 Å². The summed E-state index contributed by atoms with van der Waals surface area (Å²) < 4.78 is 30.6. The molecule has 23 heavy (non-hydrogen) atoms. The van der Waals surface area contributed by atoms with E-state index in [4.69, 9.17) is 4.74 Å². The molecule has 1 heterocycles. The van der Waals surface area contributed by atoms with Crippen LogP contribution in [0.15, 0.2) is 24.1 Å². The lowest BCUT2D eigenvalue weighted by molar-refractivity contribution is 0.130. The number of ether oxygens (including phenoxy) is 1. The SMILES string of the molecule is C=CCOCCN(CC)C(=O)n1cnc(S(=O)(=O)C(C)CC)n1. The van der Waals surface area contributed by atoms with Crippen LogP contribution in [0.2, 0.25) is 0 Å². The fraction of sp³-hybridized carbons (Fsp3) is 0.643. The summed E-state index contributed by atoms with van der Waals surface area (Å²) in [4.78, 5) is 17.6. The zero-order valence-electron chi connectivity index (χ0n) is 13.8. The molecular weight excluding hydrogens is 320 g/mol. The van der Waals surface area contributed by atoms with Crippen molar-refractivity contribution in [1.29, 1.82) is 0 Å². The van der Waals surface area contributed by atoms with Crippen LogP contribution in [0.25, 0.3) is 0 Å². The number of aromatic nitrogens is 3. The second-order valence-corrected chi connectivity index (χ2v) is 7.22. The number of rotatable bonds is 9. The number of carbonyl (C=O) groups excluding carboxylic acids is 1. The molecule has 1 rings (SSSR count). The maximum absolute atomic E-state index is 12.3. The summed E-state index contributed by atoms with van der Waals surface area (Å²) in [6.07, 6.45) is 3.21. The van der Waals surface area contributed by atoms with Crippen molar-refractivity contribution in [2.24, 2.45) is 0 Å². The molecular formula is C14H24N4O4S. The molecule has 130 valence electrons. The number of hydrogen-bond donors (Lipinski definition) is 0. The Morgan fingerprint density at radius 2 is 2.22 bits per heavy atom. The van der Waals surface area contributed by atoms with Crippen LogP contribution in [-0.2, 0) is 14.6 Å². The first-order valence-electron chi connectivity index (χ1n) is 7.51. The van der Waals surface area contributed by atoms with E-state index < -0.39 is 21.1 Å². The summed E-state index contributed by atoms with van der Waals surface area (Å²) in [5.74, 6) is 0. The number of carbonyl (C=O) groups is 1. The third kappa shape index (κ3) is 4.87. The monoisotopic (exact) mass is 344 g/mol. The minimum Gasteiger partial charge on any atom is -0.376 e. The van der Waals surface area contributed by atoms with Crippen molar-refractivity contribution in [1.82, 2.24) is 19.7 Å². The highest BCUT2D eigenvalue weighted by atomic mass is 32.2. The highest BCUT2D eigenvalue weighted by Crippen LogP contribution is 2.13. The van der Waals surface area contributed by atoms with Crippen LogP contribution < -0.4 is 0 Å². The molecule has 0 aliphatic carbocycles. The molecule has 0 saturated carbocycles. The maximum Gasteiger partial charge on any atom is 0.346 e. The van der Waals surface area contributed by atoms with Gasteiger partial charge in [-0.05, 0) is 20.3 Å². The van der Waals surface area contributed by atoms with E-state index in [0.717, 1.165) is 11.0 Å². The summed E-state index contributed by atoms with van der Waals surface area (Å²) >= 11 is 0. The fourth-order valence-corrected chi connectivity index (χ4v) is 2.94. The third-order valence-electron chi connectivity index (χ3n) is 3.42. The summed E-state index contributed by atoms with van der Waals surface area (Å²) in [5.41, 5.74) is 0. The van der Waals surface area contributed by atoms with Gasteiger partial charge in [-0.1, -0.05) is 13.0 Å². The highest BCUT2D eigenvalue weighted by molar-refractivity contribution is 7.91. The molecule has 8 nitrogen and oxygen atoms in total. The Morgan fingerprint density at radius 3 is 2.78 bits per heavy atom. The van der Waals surface area contributed by atoms with Crippen LogP contribution >= 0.6 is 0 Å². The fourth-order valence-electron chi connectivity index (χ4n) is 1.75. The van der Waals surface area contributed by atoms with Gasteiger partial charge in [0.15, 0.2) is 0 Å². The van der Waals surface area contributed by atoms with Crippen LogP contribution in [0.1, 0.15) is 27.2 Å². The Balaban J connectivity index is 2.82. The molecule has 0 aromatic carbocycles. The minimum atomic E-state index is -3.61. The Hall–Kier alpha value is -1.74. The van der Waals surface area contributed by atoms with Crippen LogP contribution in [0, 0.1) is 0 Å². The van der Waals surface area contributed by atoms with E-state index in [1.165, 1.54) is 4.90 Å². The maximum atomic E-state index is 12.3. The molecule has 1 aromatic rings. The lowest BCUT2D eigenvalue weighted by Crippen LogP contribution is -2.37. The van der Waals surface area contributed by atoms with E-state index in [1.54, 1.807) is 19.9 Å². The zero-order chi connectivity index (χ0) is 17.5. The Labute approximate surface area is 137 Å². The normalized spacial score (nSPS) is 12.8. The van der Waals surface area contributed by atoms with Crippen molar-refractivity contribution in [2.75, 3.05) is 26.3 Å². The predicted octanol–water partition coefficient (Wildman–Crippen LogP) is 1.34. The molecule has 1 aromatic heterocycles. The van der Waals surface area contributed by atoms with Gasteiger partial charge in [-0.2, -0.15) is 4.68 Å². The average Bonchev–Trinajstić information content (AvgIpc) is 3.04. The van der Waals surface area contributed by atoms with Gasteiger partial charge >= 0.3 is 6.03 Å². The van der Waals surface area contributed by atoms with Crippen molar-refractivity contribution in [3.05, 3.63) is 19.0 Å². The smallest absolute Gasteiger partial charge is 0.346 e. The Bertz CT molecular complexity index is 626. The minimum absolute atomic E-state index is 0.320. The van der Waals surface area contributed by atoms with E-state index in [0.29, 0.717) is 32.7 Å². The molecule has 9 heteroatoms. The van der Waals surface area contributed by atoms with Crippen molar-refractivity contribution < 1.29 is 17.9 Å². The standard InChI is InChI=1S/C14H24N4O4S/c1-5-9-22-10-8-17(7-3)14(19)18-11-15-13(16-18)23(20,21)12(4)6-2/h5,11-12H,1,6-10H2,2-4H3. The van der Waals surface area contributed by atoms with E-state index in [1.807, 2.05) is 6.92 Å². The number of nitrogens with zero attached hydrogens (tertiary/aromatic N) is 4. The second kappa shape index (κ2) is 8.78. The van der Waals surface area contributed by atoms with Gasteiger partial charge in [-0.3, -0.25) is 0 Å². The lowest BCUT2D eigenvalue weighted by Gasteiger charge is -2.19. The number of likely N-dealkylation sites (N-methyl/N-ethyl adjacent to an activating group) is 1. The average molecular weight is 344 g/mol. The van der Waals surface area contributed by atoms with Crippen LogP contribution in [0.5, 0.6) is 0 Å². The van der Waals surface area contributed by atoms with Crippen molar-refractivity contribution in [3.63, 3.8) is 0 Å². The molecule has 0 radical (unpaired) electrons. The molecule has 0 aliphatic rings. The van der Waals surface area contributed by atoms with E-state index >= 15 is 0 Å². The molecule has 1 unspecified atom stereocenters. The quantitative estimate of drug-likeness (QED) is 0.496. The van der Waals surface area contributed by atoms with Gasteiger partial charge in [0.1, 0.15) is 6.33 Å². The molecule has 0 spiro atoms. The lowest BCUT2D eigenvalue weighted by atomic mass is 10.4. The first-order chi connectivity index (χ1) is 10.9. The first-order valence-corrected chi connectivity index (χ1v) is 9.06. The van der Waals surface area contributed by atoms with E-state index in [2.05, 4.69) is 16.7 Å². The Morgan fingerprint density at radius 1 is 1.52 bits per heavy atom. The summed E-state index contributed by atoms with van der Waals surface area (Å²) in [6.45, 7) is 10.3. The summed E-state index contributed by atoms with van der Waals surface area (Å²) in [6, 6.07) is -0.437. The van der Waals surface area contributed by atoms with Crippen LogP contribution in [-0.4, -0.2) is 65.7 Å². The predicted molar refractivity (Wildman–Crippen MR) is 86.0 cm³/mol. The zero-order valence-corrected chi connectivity index (χ0v) is 14.6. The molecule has 0 saturated heterocycles. The van der Waals surface area contributed by atoms with Gasteiger partial charge in [0.05, 0.1) is 18.5 Å². The van der Waals surface area contributed by atoms with E-state index in [-0.39, 0.29) is 5.16 Å². The summed E-state index contributed by atoms with van der Waals surface area (Å²) in [7, 11) is -3.61. The second-order valence-electron chi connectivity index (χ2n) is 4.96. The van der Waals surface area contributed by atoms with Crippen molar-refractivity contribution >= 4 is 15.9 Å². The first kappa shape index (κ1) is 19.3. The third-order valence-corrected chi connectivity index (χ3v) is 5.51. The molecule has 0 fully saturated rings. The van der Waals surface area contributed by atoms with Gasteiger partial charge in [0.25, 0.3) is 5.16 Å². The molecule has 0 bridgehead atoms. The Kier molecular flexibility index (Phi) is 7.37. The van der Waals surface area contributed by atoms with Gasteiger partial charge in [0.2, 0.25) is 9.84 Å². The van der Waals surface area contributed by atoms with Gasteiger partial charge in [-0.15, -0.1) is 11.7 Å².